The highest BCUT2D eigenvalue weighted by atomic mass is 16.6. The van der Waals surface area contributed by atoms with Gasteiger partial charge in [0.1, 0.15) is 5.52 Å². The molecule has 6 nitrogen and oxygen atoms in total. The molecule has 0 aliphatic heterocycles. The molecule has 1 aromatic carbocycles. The second-order valence-corrected chi connectivity index (χ2v) is 4.02. The molecule has 1 aliphatic carbocycles. The van der Waals surface area contributed by atoms with Crippen LogP contribution >= 0.6 is 0 Å². The summed E-state index contributed by atoms with van der Waals surface area (Å²) in [5.41, 5.74) is 1.78. The topological polar surface area (TPSA) is 82.1 Å². The van der Waals surface area contributed by atoms with Crippen LogP contribution < -0.4 is 0 Å². The Bertz CT molecular complexity index is 559. The third-order valence-corrected chi connectivity index (χ3v) is 3.17. The molecule has 1 aromatic heterocycles. The van der Waals surface area contributed by atoms with E-state index in [4.69, 9.17) is 0 Å². The molecule has 6 heteroatoms. The second-order valence-electron chi connectivity index (χ2n) is 4.02. The van der Waals surface area contributed by atoms with Gasteiger partial charge in [-0.2, -0.15) is 0 Å². The predicted octanol–water partition coefficient (Wildman–Crippen LogP) is 2.40. The highest BCUT2D eigenvalue weighted by Crippen LogP contribution is 2.40. The fourth-order valence-corrected chi connectivity index (χ4v) is 2.07. The number of nitrogens with zero attached hydrogens (tertiary/aromatic N) is 3. The van der Waals surface area contributed by atoms with Gasteiger partial charge in [0.25, 0.3) is 0 Å². The van der Waals surface area contributed by atoms with E-state index in [1.54, 1.807) is 6.07 Å². The Hall–Kier alpha value is -1.98. The van der Waals surface area contributed by atoms with Crippen LogP contribution in [0.4, 0.5) is 5.69 Å². The van der Waals surface area contributed by atoms with E-state index in [1.807, 2.05) is 0 Å². The van der Waals surface area contributed by atoms with Gasteiger partial charge in [0.15, 0.2) is 0 Å². The van der Waals surface area contributed by atoms with Crippen LogP contribution in [0.3, 0.4) is 0 Å². The van der Waals surface area contributed by atoms with Crippen molar-refractivity contribution in [2.45, 2.75) is 25.2 Å². The molecule has 0 spiro atoms. The molecule has 1 aliphatic rings. The first-order chi connectivity index (χ1) is 7.77. The van der Waals surface area contributed by atoms with Crippen molar-refractivity contribution in [3.63, 3.8) is 0 Å². The van der Waals surface area contributed by atoms with E-state index < -0.39 is 4.92 Å². The van der Waals surface area contributed by atoms with Crippen LogP contribution in [-0.2, 0) is 0 Å². The molecule has 0 radical (unpaired) electrons. The first kappa shape index (κ1) is 9.26. The molecule has 0 N–H and O–H groups in total. The fourth-order valence-electron chi connectivity index (χ4n) is 2.07. The average molecular weight is 219 g/mol. The summed E-state index contributed by atoms with van der Waals surface area (Å²) in [6.45, 7) is 0. The van der Waals surface area contributed by atoms with Crippen molar-refractivity contribution in [3.8, 4) is 0 Å². The van der Waals surface area contributed by atoms with Crippen LogP contribution in [0.2, 0.25) is 0 Å². The summed E-state index contributed by atoms with van der Waals surface area (Å²) in [4.78, 5) is 10.3. The molecule has 1 heterocycles. The van der Waals surface area contributed by atoms with Crippen molar-refractivity contribution < 1.29 is 9.55 Å². The monoisotopic (exact) mass is 219 g/mol. The van der Waals surface area contributed by atoms with E-state index >= 15 is 0 Å². The number of hydrogen-bond acceptors (Lipinski definition) is 5. The summed E-state index contributed by atoms with van der Waals surface area (Å²) >= 11 is 0. The minimum Gasteiger partial charge on any atom is -0.258 e. The third kappa shape index (κ3) is 1.19. The number of hydrogen-bond donors (Lipinski definition) is 0. The second kappa shape index (κ2) is 3.26. The summed E-state index contributed by atoms with van der Waals surface area (Å²) in [5, 5.41) is 18.2. The molecular formula is C10H9N3O3. The first-order valence-corrected chi connectivity index (χ1v) is 5.17. The lowest BCUT2D eigenvalue weighted by Gasteiger charge is -2.25. The van der Waals surface area contributed by atoms with Gasteiger partial charge >= 0.3 is 5.69 Å². The molecule has 0 atom stereocenters. The van der Waals surface area contributed by atoms with Gasteiger partial charge in [-0.15, -0.1) is 0 Å². The lowest BCUT2D eigenvalue weighted by Crippen LogP contribution is -2.09. The Morgan fingerprint density at radius 3 is 2.69 bits per heavy atom. The van der Waals surface area contributed by atoms with Crippen molar-refractivity contribution in [2.75, 3.05) is 0 Å². The van der Waals surface area contributed by atoms with Crippen molar-refractivity contribution >= 4 is 16.7 Å². The van der Waals surface area contributed by atoms with Crippen molar-refractivity contribution in [3.05, 3.63) is 27.8 Å². The van der Waals surface area contributed by atoms with E-state index in [1.165, 1.54) is 12.5 Å². The highest BCUT2D eigenvalue weighted by Gasteiger charge is 2.26. The van der Waals surface area contributed by atoms with Gasteiger partial charge in [-0.05, 0) is 40.7 Å². The molecule has 0 saturated heterocycles. The maximum absolute atomic E-state index is 10.8. The van der Waals surface area contributed by atoms with Crippen molar-refractivity contribution in [2.24, 2.45) is 0 Å². The van der Waals surface area contributed by atoms with Crippen LogP contribution in [0.25, 0.3) is 11.0 Å². The Kier molecular flexibility index (Phi) is 1.89. The Balaban J connectivity index is 2.21. The number of rotatable bonds is 2. The first-order valence-electron chi connectivity index (χ1n) is 5.17. The summed E-state index contributed by atoms with van der Waals surface area (Å²) in [6, 6.07) is 3.26. The summed E-state index contributed by atoms with van der Waals surface area (Å²) in [7, 11) is 0. The Morgan fingerprint density at radius 2 is 2.06 bits per heavy atom. The van der Waals surface area contributed by atoms with E-state index in [9.17, 15) is 10.1 Å². The zero-order chi connectivity index (χ0) is 11.1. The predicted molar refractivity (Wildman–Crippen MR) is 55.1 cm³/mol. The van der Waals surface area contributed by atoms with E-state index in [2.05, 4.69) is 14.9 Å². The SMILES string of the molecule is O=[N+]([O-])c1ccc(C2CCC2)c2nonc12. The number of fused-ring (bicyclic) bond motifs is 1. The van der Waals surface area contributed by atoms with Crippen LogP contribution in [0, 0.1) is 10.1 Å². The molecule has 1 fully saturated rings. The van der Waals surface area contributed by atoms with Gasteiger partial charge < -0.3 is 0 Å². The lowest BCUT2D eigenvalue weighted by molar-refractivity contribution is -0.383. The minimum absolute atomic E-state index is 0.0423. The smallest absolute Gasteiger partial charge is 0.258 e. The zero-order valence-corrected chi connectivity index (χ0v) is 8.42. The number of aromatic nitrogens is 2. The number of nitro benzene ring substituents is 1. The molecular weight excluding hydrogens is 210 g/mol. The van der Waals surface area contributed by atoms with Gasteiger partial charge in [0, 0.05) is 6.07 Å². The standard InChI is InChI=1S/C10H9N3O3/c14-13(15)8-5-4-7(6-2-1-3-6)9-10(8)12-16-11-9/h4-6H,1-3H2. The lowest BCUT2D eigenvalue weighted by atomic mass is 9.79. The molecule has 0 unspecified atom stereocenters. The average Bonchev–Trinajstić information content (AvgIpc) is 2.63. The summed E-state index contributed by atoms with van der Waals surface area (Å²) in [6.07, 6.45) is 3.42. The molecule has 0 amide bonds. The molecule has 2 aromatic rings. The molecule has 3 rings (SSSR count). The minimum atomic E-state index is -0.461. The number of benzene rings is 1. The summed E-state index contributed by atoms with van der Waals surface area (Å²) < 4.78 is 4.61. The van der Waals surface area contributed by atoms with Crippen LogP contribution in [0.1, 0.15) is 30.7 Å². The zero-order valence-electron chi connectivity index (χ0n) is 8.42. The maximum Gasteiger partial charge on any atom is 0.300 e. The van der Waals surface area contributed by atoms with E-state index in [0.717, 1.165) is 18.4 Å². The van der Waals surface area contributed by atoms with Crippen LogP contribution in [-0.4, -0.2) is 15.2 Å². The maximum atomic E-state index is 10.8. The fraction of sp³-hybridized carbons (Fsp3) is 0.400. The Labute approximate surface area is 90.4 Å². The molecule has 82 valence electrons. The van der Waals surface area contributed by atoms with E-state index in [-0.39, 0.29) is 11.2 Å². The summed E-state index contributed by atoms with van der Waals surface area (Å²) in [5.74, 6) is 0.454. The van der Waals surface area contributed by atoms with E-state index in [0.29, 0.717) is 11.4 Å². The van der Waals surface area contributed by atoms with Crippen LogP contribution in [0.5, 0.6) is 0 Å². The van der Waals surface area contributed by atoms with Gasteiger partial charge in [-0.1, -0.05) is 6.42 Å². The third-order valence-electron chi connectivity index (χ3n) is 3.17. The molecule has 1 saturated carbocycles. The number of non-ortho nitro benzene ring substituents is 1. The quantitative estimate of drug-likeness (QED) is 0.572. The van der Waals surface area contributed by atoms with Gasteiger partial charge in [-0.3, -0.25) is 10.1 Å². The molecule has 0 bridgehead atoms. The van der Waals surface area contributed by atoms with Crippen molar-refractivity contribution in [1.82, 2.24) is 10.3 Å². The van der Waals surface area contributed by atoms with Crippen LogP contribution in [0.15, 0.2) is 16.8 Å². The Morgan fingerprint density at radius 1 is 1.31 bits per heavy atom. The highest BCUT2D eigenvalue weighted by molar-refractivity contribution is 5.86. The number of nitro groups is 1. The van der Waals surface area contributed by atoms with Gasteiger partial charge in [-0.25, -0.2) is 4.63 Å². The largest absolute Gasteiger partial charge is 0.300 e. The van der Waals surface area contributed by atoms with Gasteiger partial charge in [0.2, 0.25) is 5.52 Å². The molecule has 16 heavy (non-hydrogen) atoms. The van der Waals surface area contributed by atoms with Gasteiger partial charge in [0.05, 0.1) is 4.92 Å². The normalized spacial score (nSPS) is 16.2. The van der Waals surface area contributed by atoms with Crippen molar-refractivity contribution in [1.29, 1.82) is 0 Å².